The van der Waals surface area contributed by atoms with Crippen LogP contribution in [0, 0.1) is 18.3 Å². The average molecular weight is 703 g/mol. The number of β-amino-alcohol motifs (C(OH)–C–C–N with tert-alkyl or cyclic N) is 1. The minimum Gasteiger partial charge on any atom is -0.492 e. The summed E-state index contributed by atoms with van der Waals surface area (Å²) in [5, 5.41) is 20.5. The third-order valence-electron chi connectivity index (χ3n) is 8.46. The van der Waals surface area contributed by atoms with Crippen molar-refractivity contribution in [2.45, 2.75) is 51.9 Å². The summed E-state index contributed by atoms with van der Waals surface area (Å²) in [4.78, 5) is 29.5. The van der Waals surface area contributed by atoms with Crippen molar-refractivity contribution in [1.29, 1.82) is 5.26 Å². The molecule has 1 aliphatic heterocycles. The number of ether oxygens (including phenoxy) is 3. The quantitative estimate of drug-likeness (QED) is 0.0998. The van der Waals surface area contributed by atoms with Gasteiger partial charge in [0.05, 0.1) is 33.4 Å². The normalized spacial score (nSPS) is 15.8. The van der Waals surface area contributed by atoms with Gasteiger partial charge in [-0.25, -0.2) is 0 Å². The van der Waals surface area contributed by atoms with E-state index in [9.17, 15) is 14.7 Å². The molecule has 5 rings (SSSR count). The number of pyridine rings is 1. The Kier molecular flexibility index (Phi) is 11.9. The molecule has 1 fully saturated rings. The Labute approximate surface area is 296 Å². The molecule has 4 aromatic rings. The van der Waals surface area contributed by atoms with Gasteiger partial charge in [-0.05, 0) is 61.6 Å². The summed E-state index contributed by atoms with van der Waals surface area (Å²) >= 11 is 13.4. The zero-order valence-electron chi connectivity index (χ0n) is 27.4. The molecule has 3 aromatic carbocycles. The van der Waals surface area contributed by atoms with Gasteiger partial charge >= 0.3 is 0 Å². The molecule has 0 radical (unpaired) electrons. The third-order valence-corrected chi connectivity index (χ3v) is 9.14. The molecule has 1 N–H and O–H groups in total. The predicted molar refractivity (Wildman–Crippen MR) is 187 cm³/mol. The van der Waals surface area contributed by atoms with Gasteiger partial charge in [0.1, 0.15) is 42.3 Å². The van der Waals surface area contributed by atoms with Crippen LogP contribution in [0.5, 0.6) is 17.2 Å². The Balaban J connectivity index is 1.23. The first kappa shape index (κ1) is 35.8. The van der Waals surface area contributed by atoms with Gasteiger partial charge in [0, 0.05) is 55.6 Å². The number of Topliss-reactive ketones (excluding diaryl/α,β-unsaturated/α-hetero) is 1. The minimum atomic E-state index is -0.933. The zero-order valence-corrected chi connectivity index (χ0v) is 28.9. The van der Waals surface area contributed by atoms with E-state index in [1.165, 1.54) is 19.2 Å². The van der Waals surface area contributed by atoms with Gasteiger partial charge in [-0.2, -0.15) is 5.26 Å². The first-order chi connectivity index (χ1) is 23.6. The number of nitriles is 1. The van der Waals surface area contributed by atoms with E-state index in [2.05, 4.69) is 9.88 Å². The van der Waals surface area contributed by atoms with Gasteiger partial charge in [0.2, 0.25) is 0 Å². The van der Waals surface area contributed by atoms with Crippen LogP contribution in [-0.2, 0) is 18.0 Å². The van der Waals surface area contributed by atoms with Crippen LogP contribution < -0.4 is 14.2 Å². The lowest BCUT2D eigenvalue weighted by Gasteiger charge is -2.22. The topological polar surface area (TPSA) is 122 Å². The summed E-state index contributed by atoms with van der Waals surface area (Å²) in [6, 6.07) is 18.4. The van der Waals surface area contributed by atoms with Gasteiger partial charge in [0.25, 0.3) is 0 Å². The Bertz CT molecular complexity index is 1880. The summed E-state index contributed by atoms with van der Waals surface area (Å²) < 4.78 is 18.1. The molecule has 1 saturated heterocycles. The molecule has 1 atom stereocenters. The maximum Gasteiger partial charge on any atom is 0.153 e. The number of aromatic nitrogens is 1. The Hall–Kier alpha value is -4.46. The van der Waals surface area contributed by atoms with Crippen molar-refractivity contribution in [2.24, 2.45) is 0 Å². The monoisotopic (exact) mass is 701 g/mol. The number of hydrogen-bond donors (Lipinski definition) is 1. The number of carbonyl (C=O) groups is 2. The van der Waals surface area contributed by atoms with Gasteiger partial charge in [-0.1, -0.05) is 53.5 Å². The van der Waals surface area contributed by atoms with Crippen LogP contribution >= 0.6 is 23.2 Å². The maximum atomic E-state index is 11.8. The maximum absolute atomic E-state index is 11.8. The van der Waals surface area contributed by atoms with Crippen LogP contribution in [0.25, 0.3) is 11.1 Å². The highest BCUT2D eigenvalue weighted by Crippen LogP contribution is 2.38. The SMILES string of the molecule is CC(=O)CC1(O)CCN(CCCOc2cccc(-c3cccc(COc4cc(OCc5cncc(C#N)c5)c(C=O)cc4Cl)c3C)c2Cl)C1. The van der Waals surface area contributed by atoms with Crippen LogP contribution in [0.4, 0.5) is 0 Å². The van der Waals surface area contributed by atoms with E-state index in [0.717, 1.165) is 41.8 Å². The van der Waals surface area contributed by atoms with E-state index in [0.29, 0.717) is 59.3 Å². The highest BCUT2D eigenvalue weighted by Gasteiger charge is 2.36. The summed E-state index contributed by atoms with van der Waals surface area (Å²) in [7, 11) is 0. The molecule has 0 aliphatic carbocycles. The Morgan fingerprint density at radius 3 is 2.59 bits per heavy atom. The highest BCUT2D eigenvalue weighted by molar-refractivity contribution is 6.35. The second-order valence-corrected chi connectivity index (χ2v) is 13.0. The lowest BCUT2D eigenvalue weighted by molar-refractivity contribution is -0.121. The molecule has 0 saturated carbocycles. The lowest BCUT2D eigenvalue weighted by Crippen LogP contribution is -2.35. The van der Waals surface area contributed by atoms with Gasteiger partial charge < -0.3 is 24.2 Å². The molecule has 1 unspecified atom stereocenters. The molecule has 1 aliphatic rings. The molecule has 0 bridgehead atoms. The molecule has 9 nitrogen and oxygen atoms in total. The largest absolute Gasteiger partial charge is 0.492 e. The number of rotatable bonds is 15. The number of aldehydes is 1. The van der Waals surface area contributed by atoms with Gasteiger partial charge in [0.15, 0.2) is 6.29 Å². The van der Waals surface area contributed by atoms with Crippen molar-refractivity contribution in [3.63, 3.8) is 0 Å². The second kappa shape index (κ2) is 16.3. The number of benzene rings is 3. The molecule has 0 amide bonds. The lowest BCUT2D eigenvalue weighted by atomic mass is 9.96. The van der Waals surface area contributed by atoms with E-state index < -0.39 is 5.60 Å². The summed E-state index contributed by atoms with van der Waals surface area (Å²) in [5.41, 5.74) is 4.05. The molecular formula is C38H37Cl2N3O6. The van der Waals surface area contributed by atoms with Crippen LogP contribution in [0.15, 0.2) is 67.0 Å². The Morgan fingerprint density at radius 1 is 1.04 bits per heavy atom. The number of likely N-dealkylation sites (tertiary alicyclic amines) is 1. The number of carbonyl (C=O) groups excluding carboxylic acids is 2. The Morgan fingerprint density at radius 2 is 1.82 bits per heavy atom. The van der Waals surface area contributed by atoms with Gasteiger partial charge in [-0.15, -0.1) is 0 Å². The summed E-state index contributed by atoms with van der Waals surface area (Å²) in [6.45, 7) is 6.25. The number of hydrogen-bond acceptors (Lipinski definition) is 9. The first-order valence-electron chi connectivity index (χ1n) is 15.9. The van der Waals surface area contributed by atoms with E-state index >= 15 is 0 Å². The van der Waals surface area contributed by atoms with Crippen molar-refractivity contribution in [3.8, 4) is 34.4 Å². The molecule has 1 aromatic heterocycles. The van der Waals surface area contributed by atoms with E-state index in [-0.39, 0.29) is 36.0 Å². The fraction of sp³-hybridized carbons (Fsp3) is 0.316. The predicted octanol–water partition coefficient (Wildman–Crippen LogP) is 7.39. The fourth-order valence-corrected chi connectivity index (χ4v) is 6.50. The molecule has 0 spiro atoms. The number of halogens is 2. The number of ketones is 1. The van der Waals surface area contributed by atoms with Crippen LogP contribution in [0.1, 0.15) is 58.8 Å². The van der Waals surface area contributed by atoms with E-state index in [1.54, 1.807) is 18.3 Å². The summed E-state index contributed by atoms with van der Waals surface area (Å²) in [5.74, 6) is 1.22. The van der Waals surface area contributed by atoms with Crippen molar-refractivity contribution in [1.82, 2.24) is 9.88 Å². The van der Waals surface area contributed by atoms with Gasteiger partial charge in [-0.3, -0.25) is 14.6 Å². The standard InChI is InChI=1S/C38H37Cl2N3O6/c1-25(45)17-38(46)10-12-43(24-38)11-5-13-47-34-9-4-8-32(37(34)40)31-7-3-6-29(26(31)2)23-49-36-16-35(30(21-44)15-33(36)39)48-22-28-14-27(18-41)19-42-20-28/h3-4,6-9,14-16,19-21,46H,5,10-13,17,22-24H2,1-2H3. The second-order valence-electron chi connectivity index (χ2n) is 12.2. The zero-order chi connectivity index (χ0) is 35.0. The highest BCUT2D eigenvalue weighted by atomic mass is 35.5. The molecule has 254 valence electrons. The number of aliphatic hydroxyl groups is 1. The van der Waals surface area contributed by atoms with Crippen molar-refractivity contribution in [2.75, 3.05) is 26.2 Å². The third kappa shape index (κ3) is 9.17. The fourth-order valence-electron chi connectivity index (χ4n) is 5.99. The smallest absolute Gasteiger partial charge is 0.153 e. The minimum absolute atomic E-state index is 0.000210. The van der Waals surface area contributed by atoms with Crippen LogP contribution in [0.2, 0.25) is 10.0 Å². The molecule has 11 heteroatoms. The van der Waals surface area contributed by atoms with E-state index in [1.807, 2.05) is 49.4 Å². The molecule has 2 heterocycles. The van der Waals surface area contributed by atoms with Crippen LogP contribution in [0.3, 0.4) is 0 Å². The number of nitrogens with zero attached hydrogens (tertiary/aromatic N) is 3. The van der Waals surface area contributed by atoms with Crippen molar-refractivity contribution < 1.29 is 28.9 Å². The first-order valence-corrected chi connectivity index (χ1v) is 16.7. The van der Waals surface area contributed by atoms with Crippen molar-refractivity contribution in [3.05, 3.63) is 105 Å². The summed E-state index contributed by atoms with van der Waals surface area (Å²) in [6.07, 6.45) is 5.25. The van der Waals surface area contributed by atoms with Crippen molar-refractivity contribution >= 4 is 35.3 Å². The average Bonchev–Trinajstić information content (AvgIpc) is 3.45. The molecule has 49 heavy (non-hydrogen) atoms. The molecular weight excluding hydrogens is 665 g/mol. The van der Waals surface area contributed by atoms with E-state index in [4.69, 9.17) is 42.7 Å². The van der Waals surface area contributed by atoms with Crippen LogP contribution in [-0.4, -0.2) is 58.9 Å².